The minimum atomic E-state index is -0.525. The number of hydrogen-bond acceptors (Lipinski definition) is 6. The van der Waals surface area contributed by atoms with Crippen LogP contribution in [0.2, 0.25) is 0 Å². The third-order valence-corrected chi connectivity index (χ3v) is 7.25. The number of hydrogen-bond donors (Lipinski definition) is 1. The molecule has 1 aromatic carbocycles. The fourth-order valence-electron chi connectivity index (χ4n) is 4.03. The third-order valence-electron chi connectivity index (χ3n) is 5.71. The van der Waals surface area contributed by atoms with Crippen LogP contribution in [0.15, 0.2) is 41.1 Å². The van der Waals surface area contributed by atoms with Crippen LogP contribution in [0.4, 0.5) is 21.7 Å². The molecule has 4 aromatic rings. The maximum absolute atomic E-state index is 14.4. The van der Waals surface area contributed by atoms with E-state index in [1.54, 1.807) is 23.0 Å². The van der Waals surface area contributed by atoms with Gasteiger partial charge in [-0.05, 0) is 76.1 Å². The highest BCUT2D eigenvalue weighted by atomic mass is 127. The lowest BCUT2D eigenvalue weighted by molar-refractivity contribution is 0.227. The first kappa shape index (κ1) is 25.4. The van der Waals surface area contributed by atoms with Crippen molar-refractivity contribution in [3.63, 3.8) is 0 Å². The molecule has 11 heteroatoms. The summed E-state index contributed by atoms with van der Waals surface area (Å²) in [4.78, 5) is 6.18. The molecule has 0 fully saturated rings. The molecule has 2 N–H and O–H groups in total. The number of nitrogens with two attached hydrogens (primary N) is 1. The fourth-order valence-corrected chi connectivity index (χ4v) is 5.54. The van der Waals surface area contributed by atoms with E-state index >= 15 is 0 Å². The van der Waals surface area contributed by atoms with Gasteiger partial charge in [-0.1, -0.05) is 6.92 Å². The van der Waals surface area contributed by atoms with Crippen molar-refractivity contribution >= 4 is 55.8 Å². The first-order valence-electron chi connectivity index (χ1n) is 11.0. The van der Waals surface area contributed by atoms with Crippen molar-refractivity contribution in [1.82, 2.24) is 24.5 Å². The third kappa shape index (κ3) is 5.01. The number of benzene rings is 1. The number of anilines is 3. The zero-order valence-electron chi connectivity index (χ0n) is 20.1. The van der Waals surface area contributed by atoms with Crippen molar-refractivity contribution in [2.75, 3.05) is 17.7 Å². The Morgan fingerprint density at radius 2 is 2.00 bits per heavy atom. The molecular formula is C24H26BrFIN7O. The number of halogens is 3. The Hall–Kier alpha value is -2.67. The second kappa shape index (κ2) is 10.1. The minimum absolute atomic E-state index is 0.258. The van der Waals surface area contributed by atoms with Gasteiger partial charge in [0.15, 0.2) is 11.6 Å². The number of rotatable bonds is 7. The Bertz CT molecular complexity index is 1390. The highest BCUT2D eigenvalue weighted by molar-refractivity contribution is 14.1. The van der Waals surface area contributed by atoms with E-state index in [1.807, 2.05) is 38.9 Å². The van der Waals surface area contributed by atoms with Crippen molar-refractivity contribution < 1.29 is 9.13 Å². The van der Waals surface area contributed by atoms with Crippen LogP contribution in [0, 0.1) is 9.39 Å². The van der Waals surface area contributed by atoms with Crippen LogP contribution in [0.3, 0.4) is 0 Å². The van der Waals surface area contributed by atoms with Gasteiger partial charge in [0.2, 0.25) is 0 Å². The van der Waals surface area contributed by atoms with Gasteiger partial charge in [-0.2, -0.15) is 10.2 Å². The molecule has 0 amide bonds. The Balaban J connectivity index is 1.80. The maximum Gasteiger partial charge on any atom is 0.166 e. The molecule has 3 heterocycles. The number of pyridine rings is 1. The Kier molecular flexibility index (Phi) is 7.36. The van der Waals surface area contributed by atoms with E-state index in [4.69, 9.17) is 15.6 Å². The molecule has 0 bridgehead atoms. The summed E-state index contributed by atoms with van der Waals surface area (Å²) in [5.74, 6) is 1.27. The van der Waals surface area contributed by atoms with Gasteiger partial charge in [-0.15, -0.1) is 0 Å². The van der Waals surface area contributed by atoms with Crippen LogP contribution in [0.25, 0.3) is 11.3 Å². The molecule has 0 spiro atoms. The number of aromatic nitrogens is 5. The summed E-state index contributed by atoms with van der Waals surface area (Å²) in [5, 5.41) is 9.40. The molecular weight excluding hydrogens is 628 g/mol. The Morgan fingerprint density at radius 3 is 2.69 bits per heavy atom. The molecule has 0 unspecified atom stereocenters. The van der Waals surface area contributed by atoms with E-state index in [0.717, 1.165) is 37.2 Å². The first-order chi connectivity index (χ1) is 16.6. The summed E-state index contributed by atoms with van der Waals surface area (Å²) in [6, 6.07) is 6.39. The first-order valence-corrected chi connectivity index (χ1v) is 12.8. The zero-order valence-corrected chi connectivity index (χ0v) is 23.8. The highest BCUT2D eigenvalue weighted by Gasteiger charge is 2.25. The monoisotopic (exact) mass is 653 g/mol. The lowest BCUT2D eigenvalue weighted by Gasteiger charge is -2.22. The molecule has 0 aliphatic rings. The lowest BCUT2D eigenvalue weighted by atomic mass is 9.99. The highest BCUT2D eigenvalue weighted by Crippen LogP contribution is 2.40. The predicted molar refractivity (Wildman–Crippen MR) is 147 cm³/mol. The van der Waals surface area contributed by atoms with Crippen LogP contribution in [-0.4, -0.2) is 31.6 Å². The summed E-state index contributed by atoms with van der Waals surface area (Å²) in [7, 11) is 5.78. The number of ether oxygens (including phenoxy) is 1. The van der Waals surface area contributed by atoms with Gasteiger partial charge < -0.3 is 15.4 Å². The second-order valence-electron chi connectivity index (χ2n) is 8.19. The molecule has 8 nitrogen and oxygen atoms in total. The van der Waals surface area contributed by atoms with E-state index in [9.17, 15) is 4.39 Å². The standard InChI is InChI=1S/C24H26BrFIN7O/c1-6-18-21(27)24(34(5)30-18)33(4)19-12-32(3)31-22(19)16-8-7-15(26)10-17(16)13(2)35-20-9-14(25)11-29-23(20)28/h7-13H,6H2,1-5H3,(H2,28,29)/t13-/m1/s1. The lowest BCUT2D eigenvalue weighted by Crippen LogP contribution is -2.15. The summed E-state index contributed by atoms with van der Waals surface area (Å²) in [6.07, 6.45) is 3.85. The zero-order chi connectivity index (χ0) is 25.4. The van der Waals surface area contributed by atoms with Gasteiger partial charge in [-0.25, -0.2) is 9.37 Å². The molecule has 0 radical (unpaired) electrons. The largest absolute Gasteiger partial charge is 0.482 e. The van der Waals surface area contributed by atoms with Crippen molar-refractivity contribution in [3.05, 3.63) is 61.8 Å². The van der Waals surface area contributed by atoms with Crippen molar-refractivity contribution in [2.45, 2.75) is 26.4 Å². The fraction of sp³-hybridized carbons (Fsp3) is 0.292. The molecule has 0 saturated carbocycles. The number of aryl methyl sites for hydroxylation is 3. The average molecular weight is 654 g/mol. The minimum Gasteiger partial charge on any atom is -0.482 e. The van der Waals surface area contributed by atoms with Crippen LogP contribution < -0.4 is 15.4 Å². The Labute approximate surface area is 225 Å². The molecule has 0 aliphatic carbocycles. The van der Waals surface area contributed by atoms with Gasteiger partial charge in [-0.3, -0.25) is 9.36 Å². The Morgan fingerprint density at radius 1 is 1.26 bits per heavy atom. The van der Waals surface area contributed by atoms with E-state index in [0.29, 0.717) is 17.0 Å². The summed E-state index contributed by atoms with van der Waals surface area (Å²) in [5.41, 5.74) is 10.0. The van der Waals surface area contributed by atoms with E-state index in [-0.39, 0.29) is 11.6 Å². The van der Waals surface area contributed by atoms with Crippen LogP contribution in [0.1, 0.15) is 31.2 Å². The number of nitrogens with zero attached hydrogens (tertiary/aromatic N) is 6. The van der Waals surface area contributed by atoms with E-state index < -0.39 is 6.10 Å². The number of nitrogen functional groups attached to an aromatic ring is 1. The van der Waals surface area contributed by atoms with Crippen molar-refractivity contribution in [1.29, 1.82) is 0 Å². The molecule has 3 aromatic heterocycles. The van der Waals surface area contributed by atoms with Gasteiger partial charge in [0, 0.05) is 49.1 Å². The van der Waals surface area contributed by atoms with Crippen LogP contribution >= 0.6 is 38.5 Å². The SMILES string of the molecule is CCc1nn(C)c(N(C)c2cn(C)nc2-c2ccc(F)cc2[C@@H](C)Oc2cc(Br)cnc2N)c1I. The average Bonchev–Trinajstić information content (AvgIpc) is 3.34. The molecule has 0 aliphatic heterocycles. The summed E-state index contributed by atoms with van der Waals surface area (Å²) >= 11 is 5.72. The van der Waals surface area contributed by atoms with Gasteiger partial charge in [0.05, 0.1) is 15.0 Å². The van der Waals surface area contributed by atoms with Gasteiger partial charge in [0.1, 0.15) is 23.4 Å². The normalized spacial score (nSPS) is 12.1. The summed E-state index contributed by atoms with van der Waals surface area (Å²) < 4.78 is 26.0. The molecule has 35 heavy (non-hydrogen) atoms. The topological polar surface area (TPSA) is 87.0 Å². The second-order valence-corrected chi connectivity index (χ2v) is 10.2. The molecule has 1 atom stereocenters. The smallest absolute Gasteiger partial charge is 0.166 e. The molecule has 184 valence electrons. The maximum atomic E-state index is 14.4. The van der Waals surface area contributed by atoms with Crippen LogP contribution in [0.5, 0.6) is 5.75 Å². The predicted octanol–water partition coefficient (Wildman–Crippen LogP) is 5.77. The van der Waals surface area contributed by atoms with E-state index in [1.165, 1.54) is 12.1 Å². The van der Waals surface area contributed by atoms with E-state index in [2.05, 4.69) is 60.4 Å². The summed E-state index contributed by atoms with van der Waals surface area (Å²) in [6.45, 7) is 3.94. The van der Waals surface area contributed by atoms with Gasteiger partial charge in [0.25, 0.3) is 0 Å². The molecule has 0 saturated heterocycles. The van der Waals surface area contributed by atoms with Gasteiger partial charge >= 0.3 is 0 Å². The van der Waals surface area contributed by atoms with Crippen molar-refractivity contribution in [3.8, 4) is 17.0 Å². The quantitative estimate of drug-likeness (QED) is 0.255. The molecule has 4 rings (SSSR count). The van der Waals surface area contributed by atoms with Crippen molar-refractivity contribution in [2.24, 2.45) is 14.1 Å². The van der Waals surface area contributed by atoms with Crippen LogP contribution in [-0.2, 0) is 20.5 Å².